The zero-order valence-corrected chi connectivity index (χ0v) is 11.8. The first-order chi connectivity index (χ1) is 8.99. The highest BCUT2D eigenvalue weighted by Crippen LogP contribution is 2.22. The Kier molecular flexibility index (Phi) is 4.04. The van der Waals surface area contributed by atoms with Crippen molar-refractivity contribution in [1.82, 2.24) is 9.88 Å². The molecule has 1 saturated heterocycles. The fourth-order valence-electron chi connectivity index (χ4n) is 2.67. The summed E-state index contributed by atoms with van der Waals surface area (Å²) in [6, 6.07) is 2.08. The van der Waals surface area contributed by atoms with E-state index in [0.717, 1.165) is 37.4 Å². The van der Waals surface area contributed by atoms with E-state index in [-0.39, 0.29) is 5.56 Å². The Labute approximate surface area is 113 Å². The lowest BCUT2D eigenvalue weighted by Crippen LogP contribution is -2.38. The van der Waals surface area contributed by atoms with Crippen LogP contribution >= 0.6 is 0 Å². The number of likely N-dealkylation sites (N-methyl/N-ethyl adjacent to an activating group) is 1. The maximum Gasteiger partial charge on any atom is 0.337 e. The summed E-state index contributed by atoms with van der Waals surface area (Å²) in [5, 5.41) is 8.98. The molecule has 5 heteroatoms. The van der Waals surface area contributed by atoms with Crippen LogP contribution < -0.4 is 4.90 Å². The first-order valence-corrected chi connectivity index (χ1v) is 6.64. The van der Waals surface area contributed by atoms with Gasteiger partial charge in [-0.05, 0) is 45.5 Å². The van der Waals surface area contributed by atoms with Crippen LogP contribution in [0.2, 0.25) is 0 Å². The van der Waals surface area contributed by atoms with Gasteiger partial charge in [0, 0.05) is 25.3 Å². The lowest BCUT2D eigenvalue weighted by Gasteiger charge is -2.30. The molecule has 1 N–H and O–H groups in total. The van der Waals surface area contributed by atoms with Crippen LogP contribution in [-0.4, -0.2) is 53.7 Å². The van der Waals surface area contributed by atoms with Crippen molar-refractivity contribution in [2.45, 2.75) is 26.3 Å². The summed E-state index contributed by atoms with van der Waals surface area (Å²) < 4.78 is 0. The number of aryl methyl sites for hydroxylation is 1. The van der Waals surface area contributed by atoms with Gasteiger partial charge in [-0.1, -0.05) is 0 Å². The second-order valence-electron chi connectivity index (χ2n) is 5.33. The van der Waals surface area contributed by atoms with Gasteiger partial charge in [-0.25, -0.2) is 9.78 Å². The molecule has 1 aromatic heterocycles. The molecule has 0 radical (unpaired) electrons. The second-order valence-corrected chi connectivity index (χ2v) is 5.33. The monoisotopic (exact) mass is 263 g/mol. The summed E-state index contributed by atoms with van der Waals surface area (Å²) in [4.78, 5) is 19.9. The van der Waals surface area contributed by atoms with E-state index >= 15 is 0 Å². The Morgan fingerprint density at radius 2 is 2.21 bits per heavy atom. The van der Waals surface area contributed by atoms with Gasteiger partial charge in [0.2, 0.25) is 0 Å². The van der Waals surface area contributed by atoms with Gasteiger partial charge >= 0.3 is 5.97 Å². The molecule has 1 aliphatic rings. The quantitative estimate of drug-likeness (QED) is 0.878. The van der Waals surface area contributed by atoms with Crippen molar-refractivity contribution in [3.05, 3.63) is 23.4 Å². The minimum atomic E-state index is -0.925. The Morgan fingerprint density at radius 3 is 2.84 bits per heavy atom. The first-order valence-electron chi connectivity index (χ1n) is 6.64. The lowest BCUT2D eigenvalue weighted by molar-refractivity contribution is 0.0696. The predicted molar refractivity (Wildman–Crippen MR) is 74.9 cm³/mol. The summed E-state index contributed by atoms with van der Waals surface area (Å²) in [5.41, 5.74) is 1.18. The van der Waals surface area contributed by atoms with E-state index in [0.29, 0.717) is 6.04 Å². The molecule has 2 rings (SSSR count). The highest BCUT2D eigenvalue weighted by molar-refractivity contribution is 5.87. The summed E-state index contributed by atoms with van der Waals surface area (Å²) in [6.45, 7) is 7.17. The number of hydrogen-bond donors (Lipinski definition) is 1. The summed E-state index contributed by atoms with van der Waals surface area (Å²) in [6.07, 6.45) is 2.55. The average Bonchev–Trinajstić information content (AvgIpc) is 2.50. The van der Waals surface area contributed by atoms with Crippen molar-refractivity contribution in [2.75, 3.05) is 31.6 Å². The fraction of sp³-hybridized carbons (Fsp3) is 0.571. The SMILES string of the molecule is Cc1cc(C(=O)O)cnc1N1CCCN(C)CC1C. The molecule has 1 aromatic rings. The number of carbonyl (C=O) groups is 1. The standard InChI is InChI=1S/C14H21N3O2/c1-10-7-12(14(18)19)8-15-13(10)17-6-4-5-16(3)9-11(17)2/h7-8,11H,4-6,9H2,1-3H3,(H,18,19). The van der Waals surface area contributed by atoms with Gasteiger partial charge < -0.3 is 14.9 Å². The number of aromatic carboxylic acids is 1. The molecule has 104 valence electrons. The first kappa shape index (κ1) is 13.8. The molecule has 2 heterocycles. The number of carboxylic acid groups (broad SMARTS) is 1. The van der Waals surface area contributed by atoms with Gasteiger partial charge in [0.25, 0.3) is 0 Å². The van der Waals surface area contributed by atoms with Gasteiger partial charge in [0.05, 0.1) is 5.56 Å². The summed E-state index contributed by atoms with van der Waals surface area (Å²) in [5.74, 6) is -0.0152. The van der Waals surface area contributed by atoms with Gasteiger partial charge in [-0.15, -0.1) is 0 Å². The maximum atomic E-state index is 10.9. The molecule has 19 heavy (non-hydrogen) atoms. The number of pyridine rings is 1. The smallest absolute Gasteiger partial charge is 0.337 e. The Bertz CT molecular complexity index is 476. The summed E-state index contributed by atoms with van der Waals surface area (Å²) in [7, 11) is 2.13. The van der Waals surface area contributed by atoms with Gasteiger partial charge in [0.1, 0.15) is 5.82 Å². The van der Waals surface area contributed by atoms with Crippen LogP contribution in [0.25, 0.3) is 0 Å². The van der Waals surface area contributed by atoms with Crippen molar-refractivity contribution >= 4 is 11.8 Å². The van der Waals surface area contributed by atoms with Gasteiger partial charge in [0.15, 0.2) is 0 Å². The Hall–Kier alpha value is -1.62. The molecule has 0 saturated carbocycles. The Balaban J connectivity index is 2.27. The number of hydrogen-bond acceptors (Lipinski definition) is 4. The number of nitrogens with zero attached hydrogens (tertiary/aromatic N) is 3. The summed E-state index contributed by atoms with van der Waals surface area (Å²) >= 11 is 0. The topological polar surface area (TPSA) is 56.7 Å². The average molecular weight is 263 g/mol. The van der Waals surface area contributed by atoms with E-state index in [2.05, 4.69) is 28.8 Å². The molecule has 0 bridgehead atoms. The highest BCUT2D eigenvalue weighted by atomic mass is 16.4. The van der Waals surface area contributed by atoms with Crippen LogP contribution in [0.1, 0.15) is 29.3 Å². The van der Waals surface area contributed by atoms with Crippen LogP contribution in [-0.2, 0) is 0 Å². The van der Waals surface area contributed by atoms with E-state index < -0.39 is 5.97 Å². The van der Waals surface area contributed by atoms with Gasteiger partial charge in [-0.2, -0.15) is 0 Å². The van der Waals surface area contributed by atoms with Crippen LogP contribution in [0.4, 0.5) is 5.82 Å². The molecule has 1 unspecified atom stereocenters. The van der Waals surface area contributed by atoms with Crippen molar-refractivity contribution in [1.29, 1.82) is 0 Å². The predicted octanol–water partition coefficient (Wildman–Crippen LogP) is 1.62. The molecule has 1 atom stereocenters. The Morgan fingerprint density at radius 1 is 1.47 bits per heavy atom. The van der Waals surface area contributed by atoms with E-state index in [1.807, 2.05) is 6.92 Å². The third-order valence-corrected chi connectivity index (χ3v) is 3.62. The van der Waals surface area contributed by atoms with Crippen LogP contribution in [0, 0.1) is 6.92 Å². The normalized spacial score (nSPS) is 21.2. The molecule has 1 fully saturated rings. The number of rotatable bonds is 2. The number of aromatic nitrogens is 1. The maximum absolute atomic E-state index is 10.9. The third kappa shape index (κ3) is 3.04. The highest BCUT2D eigenvalue weighted by Gasteiger charge is 2.22. The minimum absolute atomic E-state index is 0.251. The molecule has 0 amide bonds. The molecular formula is C14H21N3O2. The zero-order chi connectivity index (χ0) is 14.0. The van der Waals surface area contributed by atoms with Crippen molar-refractivity contribution in [2.24, 2.45) is 0 Å². The molecule has 5 nitrogen and oxygen atoms in total. The van der Waals surface area contributed by atoms with Gasteiger partial charge in [-0.3, -0.25) is 0 Å². The molecule has 1 aliphatic heterocycles. The molecule has 0 spiro atoms. The van der Waals surface area contributed by atoms with Crippen molar-refractivity contribution in [3.63, 3.8) is 0 Å². The fourth-order valence-corrected chi connectivity index (χ4v) is 2.67. The minimum Gasteiger partial charge on any atom is -0.478 e. The van der Waals surface area contributed by atoms with E-state index in [1.54, 1.807) is 6.07 Å². The lowest BCUT2D eigenvalue weighted by atomic mass is 10.1. The number of carboxylic acids is 1. The zero-order valence-electron chi connectivity index (χ0n) is 11.8. The number of anilines is 1. The van der Waals surface area contributed by atoms with Crippen LogP contribution in [0.3, 0.4) is 0 Å². The van der Waals surface area contributed by atoms with Crippen LogP contribution in [0.15, 0.2) is 12.3 Å². The third-order valence-electron chi connectivity index (χ3n) is 3.62. The second kappa shape index (κ2) is 5.57. The largest absolute Gasteiger partial charge is 0.478 e. The molecular weight excluding hydrogens is 242 g/mol. The van der Waals surface area contributed by atoms with E-state index in [4.69, 9.17) is 5.11 Å². The molecule has 0 aliphatic carbocycles. The van der Waals surface area contributed by atoms with E-state index in [9.17, 15) is 4.79 Å². The van der Waals surface area contributed by atoms with E-state index in [1.165, 1.54) is 6.20 Å². The van der Waals surface area contributed by atoms with Crippen LogP contribution in [0.5, 0.6) is 0 Å². The molecule has 0 aromatic carbocycles. The van der Waals surface area contributed by atoms with Crippen molar-refractivity contribution in [3.8, 4) is 0 Å². The van der Waals surface area contributed by atoms with Crippen molar-refractivity contribution < 1.29 is 9.90 Å².